The second-order valence-corrected chi connectivity index (χ2v) is 5.31. The molecule has 0 aliphatic carbocycles. The van der Waals surface area contributed by atoms with Crippen molar-refractivity contribution < 1.29 is 9.47 Å². The fourth-order valence-corrected chi connectivity index (χ4v) is 2.95. The lowest BCUT2D eigenvalue weighted by Crippen LogP contribution is -2.22. The van der Waals surface area contributed by atoms with Gasteiger partial charge in [0, 0.05) is 37.3 Å². The molecule has 0 N–H and O–H groups in total. The Balaban J connectivity index is 2.13. The van der Waals surface area contributed by atoms with Crippen LogP contribution in [0.1, 0.15) is 12.0 Å². The zero-order valence-electron chi connectivity index (χ0n) is 10.6. The number of benzene rings is 1. The zero-order valence-corrected chi connectivity index (χ0v) is 12.1. The van der Waals surface area contributed by atoms with Gasteiger partial charge in [0.15, 0.2) is 0 Å². The van der Waals surface area contributed by atoms with Crippen molar-refractivity contribution in [3.63, 3.8) is 0 Å². The van der Waals surface area contributed by atoms with Gasteiger partial charge >= 0.3 is 0 Å². The fraction of sp³-hybridized carbons (Fsp3) is 0.538. The van der Waals surface area contributed by atoms with Crippen LogP contribution in [0, 0.1) is 0 Å². The van der Waals surface area contributed by atoms with E-state index in [1.54, 1.807) is 20.3 Å². The minimum Gasteiger partial charge on any atom is -0.495 e. The first-order valence-corrected chi connectivity index (χ1v) is 6.66. The van der Waals surface area contributed by atoms with Gasteiger partial charge in [-0.3, -0.25) is 4.90 Å². The van der Waals surface area contributed by atoms with E-state index in [1.165, 1.54) is 0 Å². The van der Waals surface area contributed by atoms with Crippen molar-refractivity contribution in [2.75, 3.05) is 27.3 Å². The lowest BCUT2D eigenvalue weighted by Gasteiger charge is -2.18. The number of nitrogens with zero attached hydrogens (tertiary/aromatic N) is 1. The highest BCUT2D eigenvalue weighted by molar-refractivity contribution is 6.35. The summed E-state index contributed by atoms with van der Waals surface area (Å²) >= 11 is 12.2. The summed E-state index contributed by atoms with van der Waals surface area (Å²) in [4.78, 5) is 2.32. The Morgan fingerprint density at radius 1 is 1.33 bits per heavy atom. The highest BCUT2D eigenvalue weighted by Gasteiger charge is 2.23. The molecule has 1 saturated heterocycles. The van der Waals surface area contributed by atoms with E-state index in [-0.39, 0.29) is 0 Å². The number of halogens is 2. The first-order valence-electron chi connectivity index (χ1n) is 5.91. The smallest absolute Gasteiger partial charge is 0.142 e. The summed E-state index contributed by atoms with van der Waals surface area (Å²) in [7, 11) is 3.38. The lowest BCUT2D eigenvalue weighted by molar-refractivity contribution is 0.107. The predicted molar refractivity (Wildman–Crippen MR) is 73.7 cm³/mol. The average molecular weight is 290 g/mol. The highest BCUT2D eigenvalue weighted by Crippen LogP contribution is 2.33. The van der Waals surface area contributed by atoms with Crippen LogP contribution in [0.3, 0.4) is 0 Å². The van der Waals surface area contributed by atoms with Gasteiger partial charge in [0.2, 0.25) is 0 Å². The summed E-state index contributed by atoms with van der Waals surface area (Å²) in [5.41, 5.74) is 1.02. The van der Waals surface area contributed by atoms with Crippen molar-refractivity contribution in [1.29, 1.82) is 0 Å². The van der Waals surface area contributed by atoms with Crippen LogP contribution < -0.4 is 4.74 Å². The number of rotatable bonds is 4. The molecule has 0 saturated carbocycles. The molecule has 0 bridgehead atoms. The Morgan fingerprint density at radius 2 is 2.11 bits per heavy atom. The SMILES string of the molecule is COc1c(Cl)cc(Cl)cc1CN1CC[C@@H](OC)C1. The molecule has 1 atom stereocenters. The molecule has 0 aromatic heterocycles. The first-order chi connectivity index (χ1) is 8.63. The number of hydrogen-bond donors (Lipinski definition) is 0. The van der Waals surface area contributed by atoms with Crippen LogP contribution in [0.15, 0.2) is 12.1 Å². The van der Waals surface area contributed by atoms with E-state index in [9.17, 15) is 0 Å². The maximum Gasteiger partial charge on any atom is 0.142 e. The summed E-state index contributed by atoms with van der Waals surface area (Å²) in [6, 6.07) is 3.61. The molecule has 2 rings (SSSR count). The van der Waals surface area contributed by atoms with E-state index in [0.29, 0.717) is 21.9 Å². The zero-order chi connectivity index (χ0) is 13.1. The molecule has 3 nitrogen and oxygen atoms in total. The van der Waals surface area contributed by atoms with Crippen molar-refractivity contribution in [3.05, 3.63) is 27.7 Å². The number of likely N-dealkylation sites (tertiary alicyclic amines) is 1. The maximum atomic E-state index is 6.12. The van der Waals surface area contributed by atoms with Crippen molar-refractivity contribution in [1.82, 2.24) is 4.90 Å². The Morgan fingerprint density at radius 3 is 2.72 bits per heavy atom. The highest BCUT2D eigenvalue weighted by atomic mass is 35.5. The third-order valence-corrected chi connectivity index (χ3v) is 3.74. The Hall–Kier alpha value is -0.480. The monoisotopic (exact) mass is 289 g/mol. The normalized spacial score (nSPS) is 20.3. The summed E-state index contributed by atoms with van der Waals surface area (Å²) in [6.07, 6.45) is 1.39. The van der Waals surface area contributed by atoms with Gasteiger partial charge in [0.05, 0.1) is 18.2 Å². The van der Waals surface area contributed by atoms with E-state index >= 15 is 0 Å². The maximum absolute atomic E-state index is 6.12. The van der Waals surface area contributed by atoms with Crippen LogP contribution >= 0.6 is 23.2 Å². The van der Waals surface area contributed by atoms with E-state index in [1.807, 2.05) is 6.07 Å². The minimum absolute atomic E-state index is 0.325. The minimum atomic E-state index is 0.325. The van der Waals surface area contributed by atoms with Gasteiger partial charge in [-0.2, -0.15) is 0 Å². The molecule has 0 spiro atoms. The molecule has 100 valence electrons. The molecule has 1 heterocycles. The first kappa shape index (κ1) is 13.9. The van der Waals surface area contributed by atoms with E-state index in [0.717, 1.165) is 31.6 Å². The van der Waals surface area contributed by atoms with E-state index < -0.39 is 0 Å². The Kier molecular flexibility index (Phi) is 4.73. The van der Waals surface area contributed by atoms with Gasteiger partial charge < -0.3 is 9.47 Å². The molecular weight excluding hydrogens is 273 g/mol. The molecular formula is C13H17Cl2NO2. The second-order valence-electron chi connectivity index (χ2n) is 4.46. The van der Waals surface area contributed by atoms with Crippen molar-refractivity contribution >= 4 is 23.2 Å². The van der Waals surface area contributed by atoms with Crippen LogP contribution in [0.5, 0.6) is 5.75 Å². The molecule has 1 aromatic carbocycles. The molecule has 1 aliphatic rings. The van der Waals surface area contributed by atoms with Gasteiger partial charge in [-0.1, -0.05) is 23.2 Å². The molecule has 1 fully saturated rings. The lowest BCUT2D eigenvalue weighted by atomic mass is 10.2. The summed E-state index contributed by atoms with van der Waals surface area (Å²) in [6.45, 7) is 2.74. The van der Waals surface area contributed by atoms with Gasteiger partial charge in [-0.05, 0) is 18.6 Å². The summed E-state index contributed by atoms with van der Waals surface area (Å²) < 4.78 is 10.7. The van der Waals surface area contributed by atoms with Gasteiger partial charge in [-0.25, -0.2) is 0 Å². The van der Waals surface area contributed by atoms with E-state index in [2.05, 4.69) is 4.90 Å². The Bertz CT molecular complexity index is 426. The van der Waals surface area contributed by atoms with Crippen LogP contribution in [-0.2, 0) is 11.3 Å². The fourth-order valence-electron chi connectivity index (χ4n) is 2.33. The third-order valence-electron chi connectivity index (χ3n) is 3.25. The summed E-state index contributed by atoms with van der Waals surface area (Å²) in [5, 5.41) is 1.20. The topological polar surface area (TPSA) is 21.7 Å². The second kappa shape index (κ2) is 6.11. The molecule has 0 amide bonds. The van der Waals surface area contributed by atoms with Crippen LogP contribution in [0.25, 0.3) is 0 Å². The van der Waals surface area contributed by atoms with Gasteiger partial charge in [0.25, 0.3) is 0 Å². The summed E-state index contributed by atoms with van der Waals surface area (Å²) in [5.74, 6) is 0.710. The number of ether oxygens (including phenoxy) is 2. The van der Waals surface area contributed by atoms with Crippen LogP contribution in [0.2, 0.25) is 10.0 Å². The molecule has 0 unspecified atom stereocenters. The quantitative estimate of drug-likeness (QED) is 0.850. The van der Waals surface area contributed by atoms with E-state index in [4.69, 9.17) is 32.7 Å². The van der Waals surface area contributed by atoms with Gasteiger partial charge in [0.1, 0.15) is 5.75 Å². The van der Waals surface area contributed by atoms with Crippen molar-refractivity contribution in [2.45, 2.75) is 19.1 Å². The Labute approximate surface area is 118 Å². The number of methoxy groups -OCH3 is 2. The van der Waals surface area contributed by atoms with Gasteiger partial charge in [-0.15, -0.1) is 0 Å². The van der Waals surface area contributed by atoms with Crippen LogP contribution in [0.4, 0.5) is 0 Å². The molecule has 18 heavy (non-hydrogen) atoms. The largest absolute Gasteiger partial charge is 0.495 e. The molecule has 5 heteroatoms. The third kappa shape index (κ3) is 3.09. The standard InChI is InChI=1S/C13H17Cl2NO2/c1-17-11-3-4-16(8-11)7-9-5-10(14)6-12(15)13(9)18-2/h5-6,11H,3-4,7-8H2,1-2H3/t11-/m1/s1. The van der Waals surface area contributed by atoms with Crippen molar-refractivity contribution in [2.24, 2.45) is 0 Å². The molecule has 1 aromatic rings. The predicted octanol–water partition coefficient (Wildman–Crippen LogP) is 3.22. The van der Waals surface area contributed by atoms with Crippen LogP contribution in [-0.4, -0.2) is 38.3 Å². The average Bonchev–Trinajstić information content (AvgIpc) is 2.76. The number of hydrogen-bond acceptors (Lipinski definition) is 3. The molecule has 0 radical (unpaired) electrons. The van der Waals surface area contributed by atoms with Crippen molar-refractivity contribution in [3.8, 4) is 5.75 Å². The molecule has 1 aliphatic heterocycles.